The molecule has 0 saturated heterocycles. The molecule has 0 fully saturated rings. The fourth-order valence-corrected chi connectivity index (χ4v) is 0.641. The van der Waals surface area contributed by atoms with E-state index in [1.54, 1.807) is 18.5 Å². The summed E-state index contributed by atoms with van der Waals surface area (Å²) in [5.41, 5.74) is 1.77. The monoisotopic (exact) mass is 184 g/mol. The molecule has 1 aromatic heterocycles. The molecule has 48 valence electrons. The van der Waals surface area contributed by atoms with Crippen molar-refractivity contribution in [3.63, 3.8) is 0 Å². The summed E-state index contributed by atoms with van der Waals surface area (Å²) < 4.78 is 0. The van der Waals surface area contributed by atoms with Crippen LogP contribution in [0.2, 0.25) is 0 Å². The van der Waals surface area contributed by atoms with E-state index in [1.165, 1.54) is 0 Å². The van der Waals surface area contributed by atoms with Crippen LogP contribution in [0.5, 0.6) is 0 Å². The zero-order chi connectivity index (χ0) is 6.69. The van der Waals surface area contributed by atoms with Crippen LogP contribution >= 0.6 is 0 Å². The van der Waals surface area contributed by atoms with Gasteiger partial charge >= 0.3 is 0 Å². The van der Waals surface area contributed by atoms with Crippen molar-refractivity contribution in [3.05, 3.63) is 30.9 Å². The Morgan fingerprint density at radius 1 is 1.40 bits per heavy atom. The molecule has 1 rings (SSSR count). The Morgan fingerprint density at radius 3 is 2.50 bits per heavy atom. The first-order valence-corrected chi connectivity index (χ1v) is 2.66. The summed E-state index contributed by atoms with van der Waals surface area (Å²) in [6.45, 7) is 7.17. The fourth-order valence-electron chi connectivity index (χ4n) is 0.641. The van der Waals surface area contributed by atoms with Gasteiger partial charge in [-0.2, -0.15) is 0 Å². The zero-order valence-electron chi connectivity index (χ0n) is 5.80. The second-order valence-corrected chi connectivity index (χ2v) is 1.61. The van der Waals surface area contributed by atoms with Gasteiger partial charge in [-0.1, -0.05) is 13.2 Å². The van der Waals surface area contributed by atoms with Crippen LogP contribution in [0, 0.1) is 0 Å². The molecular formula is C7H8N2Zn. The van der Waals surface area contributed by atoms with Gasteiger partial charge in [-0.25, -0.2) is 4.98 Å². The maximum absolute atomic E-state index is 3.96. The van der Waals surface area contributed by atoms with Crippen LogP contribution in [0.25, 0.3) is 12.2 Å². The number of nitrogens with one attached hydrogen (secondary N) is 1. The number of H-pyrrole nitrogens is 1. The molecule has 0 unspecified atom stereocenters. The molecule has 1 aromatic rings. The number of nitrogens with zero attached hydrogens (tertiary/aromatic N) is 1. The molecule has 0 bridgehead atoms. The Morgan fingerprint density at radius 2 is 2.10 bits per heavy atom. The second-order valence-electron chi connectivity index (χ2n) is 1.61. The molecule has 0 aliphatic rings. The Hall–Kier alpha value is -0.687. The van der Waals surface area contributed by atoms with Gasteiger partial charge in [-0.3, -0.25) is 0 Å². The first-order chi connectivity index (χ1) is 4.38. The van der Waals surface area contributed by atoms with Gasteiger partial charge < -0.3 is 4.98 Å². The van der Waals surface area contributed by atoms with Crippen LogP contribution in [-0.4, -0.2) is 9.97 Å². The van der Waals surface area contributed by atoms with Crippen LogP contribution in [0.4, 0.5) is 0 Å². The predicted molar refractivity (Wildman–Crippen MR) is 38.8 cm³/mol. The van der Waals surface area contributed by atoms with Gasteiger partial charge in [-0.05, 0) is 12.2 Å². The van der Waals surface area contributed by atoms with Crippen molar-refractivity contribution >= 4 is 12.2 Å². The van der Waals surface area contributed by atoms with Gasteiger partial charge in [0.1, 0.15) is 0 Å². The Kier molecular flexibility index (Phi) is 3.89. The van der Waals surface area contributed by atoms with E-state index in [4.69, 9.17) is 0 Å². The average Bonchev–Trinajstić information content (AvgIpc) is 2.33. The largest absolute Gasteiger partial charge is 0.345 e. The third-order valence-corrected chi connectivity index (χ3v) is 1.10. The van der Waals surface area contributed by atoms with Gasteiger partial charge in [-0.15, -0.1) is 0 Å². The molecule has 1 N–H and O–H groups in total. The second kappa shape index (κ2) is 4.18. The summed E-state index contributed by atoms with van der Waals surface area (Å²) in [5, 5.41) is 0. The molecule has 0 spiro atoms. The van der Waals surface area contributed by atoms with Gasteiger partial charge in [0, 0.05) is 19.5 Å². The van der Waals surface area contributed by atoms with Crippen molar-refractivity contribution in [1.29, 1.82) is 0 Å². The van der Waals surface area contributed by atoms with Crippen molar-refractivity contribution < 1.29 is 19.5 Å². The normalized spacial score (nSPS) is 8.00. The third kappa shape index (κ3) is 1.64. The van der Waals surface area contributed by atoms with Crippen LogP contribution in [0.1, 0.15) is 11.4 Å². The summed E-state index contributed by atoms with van der Waals surface area (Å²) in [6, 6.07) is 0. The minimum absolute atomic E-state index is 0. The number of hydrogen-bond acceptors (Lipinski definition) is 1. The summed E-state index contributed by atoms with van der Waals surface area (Å²) in [6.07, 6.45) is 5.02. The number of aromatic amines is 1. The van der Waals surface area contributed by atoms with E-state index in [1.807, 2.05) is 0 Å². The molecule has 0 saturated carbocycles. The third-order valence-electron chi connectivity index (χ3n) is 1.10. The van der Waals surface area contributed by atoms with E-state index in [0.29, 0.717) is 0 Å². The molecule has 0 aliphatic carbocycles. The van der Waals surface area contributed by atoms with Crippen molar-refractivity contribution in [3.8, 4) is 0 Å². The number of imidazole rings is 1. The van der Waals surface area contributed by atoms with E-state index in [2.05, 4.69) is 23.1 Å². The average molecular weight is 186 g/mol. The van der Waals surface area contributed by atoms with Gasteiger partial charge in [0.25, 0.3) is 0 Å². The van der Waals surface area contributed by atoms with Crippen molar-refractivity contribution in [2.45, 2.75) is 0 Å². The zero-order valence-corrected chi connectivity index (χ0v) is 8.77. The molecule has 0 aromatic carbocycles. The fraction of sp³-hybridized carbons (Fsp3) is 0. The number of rotatable bonds is 2. The number of hydrogen-bond donors (Lipinski definition) is 1. The molecular weight excluding hydrogens is 177 g/mol. The van der Waals surface area contributed by atoms with E-state index in [0.717, 1.165) is 11.4 Å². The van der Waals surface area contributed by atoms with Gasteiger partial charge in [0.15, 0.2) is 0 Å². The predicted octanol–water partition coefficient (Wildman–Crippen LogP) is 1.69. The first kappa shape index (κ1) is 9.31. The van der Waals surface area contributed by atoms with Crippen LogP contribution in [-0.2, 0) is 19.5 Å². The molecule has 10 heavy (non-hydrogen) atoms. The number of aromatic nitrogens is 2. The van der Waals surface area contributed by atoms with E-state index < -0.39 is 0 Å². The molecule has 0 radical (unpaired) electrons. The molecule has 3 heteroatoms. The van der Waals surface area contributed by atoms with Crippen LogP contribution < -0.4 is 0 Å². The standard InChI is InChI=1S/C7H8N2.Zn/c1-3-6-7(4-2)9-5-8-6;/h3-5H,1-2H2,(H,8,9);. The van der Waals surface area contributed by atoms with Gasteiger partial charge in [0.2, 0.25) is 0 Å². The Balaban J connectivity index is 0.000000810. The summed E-state index contributed by atoms with van der Waals surface area (Å²) in [5.74, 6) is 0. The Labute approximate surface area is 72.8 Å². The smallest absolute Gasteiger partial charge is 0.0931 e. The molecule has 0 amide bonds. The topological polar surface area (TPSA) is 28.7 Å². The van der Waals surface area contributed by atoms with Crippen molar-refractivity contribution in [2.75, 3.05) is 0 Å². The molecule has 1 heterocycles. The summed E-state index contributed by atoms with van der Waals surface area (Å²) in [4.78, 5) is 6.87. The van der Waals surface area contributed by atoms with E-state index >= 15 is 0 Å². The minimum Gasteiger partial charge on any atom is -0.345 e. The van der Waals surface area contributed by atoms with Crippen LogP contribution in [0.15, 0.2) is 19.5 Å². The van der Waals surface area contributed by atoms with Gasteiger partial charge in [0.05, 0.1) is 17.7 Å². The quantitative estimate of drug-likeness (QED) is 0.698. The maximum Gasteiger partial charge on any atom is 0.0931 e. The Bertz CT molecular complexity index is 205. The first-order valence-electron chi connectivity index (χ1n) is 2.66. The van der Waals surface area contributed by atoms with Crippen LogP contribution in [0.3, 0.4) is 0 Å². The summed E-state index contributed by atoms with van der Waals surface area (Å²) >= 11 is 0. The molecule has 0 aliphatic heterocycles. The summed E-state index contributed by atoms with van der Waals surface area (Å²) in [7, 11) is 0. The molecule has 0 atom stereocenters. The molecule has 2 nitrogen and oxygen atoms in total. The maximum atomic E-state index is 3.96. The van der Waals surface area contributed by atoms with E-state index in [-0.39, 0.29) is 19.5 Å². The minimum atomic E-state index is 0. The van der Waals surface area contributed by atoms with Crippen molar-refractivity contribution in [1.82, 2.24) is 9.97 Å². The van der Waals surface area contributed by atoms with E-state index in [9.17, 15) is 0 Å². The van der Waals surface area contributed by atoms with Crippen molar-refractivity contribution in [2.24, 2.45) is 0 Å². The SMILES string of the molecule is C=Cc1nc[nH]c1C=C.[Zn].